The summed E-state index contributed by atoms with van der Waals surface area (Å²) in [6, 6.07) is 4.63. The number of anilines is 1. The molecule has 0 atom stereocenters. The summed E-state index contributed by atoms with van der Waals surface area (Å²) in [6.07, 6.45) is -2.71. The highest BCUT2D eigenvalue weighted by Crippen LogP contribution is 2.41. The zero-order valence-corrected chi connectivity index (χ0v) is 17.9. The second-order valence-corrected chi connectivity index (χ2v) is 8.72. The monoisotopic (exact) mass is 485 g/mol. The Kier molecular flexibility index (Phi) is 6.22. The zero-order valence-electron chi connectivity index (χ0n) is 17.9. The van der Waals surface area contributed by atoms with Crippen molar-refractivity contribution in [2.45, 2.75) is 25.4 Å². The van der Waals surface area contributed by atoms with E-state index in [9.17, 15) is 35.9 Å². The van der Waals surface area contributed by atoms with Gasteiger partial charge in [-0.25, -0.2) is 18.0 Å². The van der Waals surface area contributed by atoms with Crippen molar-refractivity contribution in [3.63, 3.8) is 0 Å². The minimum atomic E-state index is -4.46. The van der Waals surface area contributed by atoms with Gasteiger partial charge in [0.1, 0.15) is 5.82 Å². The lowest BCUT2D eigenvalue weighted by Crippen LogP contribution is -2.45. The smallest absolute Gasteiger partial charge is 0.339 e. The van der Waals surface area contributed by atoms with Crippen LogP contribution in [0.5, 0.6) is 0 Å². The van der Waals surface area contributed by atoms with Crippen molar-refractivity contribution < 1.29 is 35.9 Å². The summed E-state index contributed by atoms with van der Waals surface area (Å²) in [4.78, 5) is 28.2. The van der Waals surface area contributed by atoms with Gasteiger partial charge < -0.3 is 15.1 Å². The zero-order chi connectivity index (χ0) is 24.7. The lowest BCUT2D eigenvalue weighted by Gasteiger charge is -2.39. The van der Waals surface area contributed by atoms with Crippen LogP contribution in [0.1, 0.15) is 35.2 Å². The Labute approximate surface area is 191 Å². The van der Waals surface area contributed by atoms with Crippen LogP contribution in [0.2, 0.25) is 0 Å². The number of benzene rings is 2. The lowest BCUT2D eigenvalue weighted by atomic mass is 9.77. The number of nitrogens with one attached hydrogen (secondary N) is 1. The van der Waals surface area contributed by atoms with E-state index in [1.165, 1.54) is 17.0 Å². The van der Waals surface area contributed by atoms with Crippen LogP contribution in [0, 0.1) is 22.9 Å². The van der Waals surface area contributed by atoms with Crippen LogP contribution >= 0.6 is 0 Å². The number of likely N-dealkylation sites (tertiary alicyclic amines) is 2. The second kappa shape index (κ2) is 8.84. The van der Waals surface area contributed by atoms with Gasteiger partial charge in [-0.15, -0.1) is 0 Å². The molecule has 2 aliphatic heterocycles. The van der Waals surface area contributed by atoms with E-state index in [0.29, 0.717) is 44.5 Å². The molecule has 2 aromatic rings. The first kappa shape index (κ1) is 23.9. The Hall–Kier alpha value is -3.24. The van der Waals surface area contributed by atoms with Crippen molar-refractivity contribution >= 4 is 17.6 Å². The van der Waals surface area contributed by atoms with Crippen LogP contribution in [0.15, 0.2) is 36.4 Å². The quantitative estimate of drug-likeness (QED) is 0.465. The first-order chi connectivity index (χ1) is 16.0. The van der Waals surface area contributed by atoms with Gasteiger partial charge in [-0.3, -0.25) is 4.79 Å². The molecule has 2 saturated heterocycles. The molecule has 0 aromatic heterocycles. The number of carbonyl (C=O) groups excluding carboxylic acids is 2. The number of nitrogens with zero attached hydrogens (tertiary/aromatic N) is 2. The molecule has 11 heteroatoms. The lowest BCUT2D eigenvalue weighted by molar-refractivity contribution is -0.137. The third-order valence-corrected chi connectivity index (χ3v) is 6.54. The molecular formula is C23H21F6N3O2. The molecule has 3 amide bonds. The van der Waals surface area contributed by atoms with Gasteiger partial charge in [-0.05, 0) is 55.0 Å². The number of urea groups is 1. The summed E-state index contributed by atoms with van der Waals surface area (Å²) in [6.45, 7) is 1.39. The third kappa shape index (κ3) is 4.83. The molecule has 0 bridgehead atoms. The Bertz CT molecular complexity index is 1100. The normalized spacial score (nSPS) is 17.8. The van der Waals surface area contributed by atoms with E-state index in [4.69, 9.17) is 0 Å². The number of hydrogen-bond donors (Lipinski definition) is 1. The van der Waals surface area contributed by atoms with Gasteiger partial charge in [-0.2, -0.15) is 13.2 Å². The van der Waals surface area contributed by atoms with Crippen molar-refractivity contribution in [2.75, 3.05) is 31.5 Å². The number of alkyl halides is 3. The number of amides is 3. The number of piperidine rings is 1. The fourth-order valence-corrected chi connectivity index (χ4v) is 4.50. The van der Waals surface area contributed by atoms with Crippen molar-refractivity contribution in [2.24, 2.45) is 5.41 Å². The highest BCUT2D eigenvalue weighted by Gasteiger charge is 2.43. The summed E-state index contributed by atoms with van der Waals surface area (Å²) in [5, 5.41) is 2.60. The highest BCUT2D eigenvalue weighted by atomic mass is 19.4. The van der Waals surface area contributed by atoms with Gasteiger partial charge in [0.2, 0.25) is 0 Å². The van der Waals surface area contributed by atoms with Crippen molar-refractivity contribution in [3.05, 3.63) is 65.0 Å². The first-order valence-corrected chi connectivity index (χ1v) is 10.6. The summed E-state index contributed by atoms with van der Waals surface area (Å²) < 4.78 is 78.6. The van der Waals surface area contributed by atoms with Crippen molar-refractivity contribution in [3.8, 4) is 0 Å². The van der Waals surface area contributed by atoms with Crippen LogP contribution in [0.4, 0.5) is 36.8 Å². The Morgan fingerprint density at radius 1 is 0.824 bits per heavy atom. The van der Waals surface area contributed by atoms with Crippen LogP contribution in [-0.4, -0.2) is 47.9 Å². The molecule has 34 heavy (non-hydrogen) atoms. The standard InChI is InChI=1S/C23H21F6N3O2/c24-17-12-19(26)18(25)11-16(17)20(33)31-8-5-22(6-9-31)7-10-32(13-22)21(34)30-15-3-1-14(2-4-15)23(27,28)29/h1-4,11-12H,5-10,13H2,(H,30,34). The molecule has 2 fully saturated rings. The van der Waals surface area contributed by atoms with E-state index >= 15 is 0 Å². The molecule has 0 unspecified atom stereocenters. The van der Waals surface area contributed by atoms with E-state index < -0.39 is 46.7 Å². The molecule has 2 aromatic carbocycles. The predicted octanol–water partition coefficient (Wildman–Crippen LogP) is 5.28. The predicted molar refractivity (Wildman–Crippen MR) is 111 cm³/mol. The van der Waals surface area contributed by atoms with E-state index in [-0.39, 0.29) is 24.2 Å². The first-order valence-electron chi connectivity index (χ1n) is 10.6. The minimum Gasteiger partial charge on any atom is -0.339 e. The summed E-state index contributed by atoms with van der Waals surface area (Å²) in [5.74, 6) is -4.52. The average molecular weight is 485 g/mol. The second-order valence-electron chi connectivity index (χ2n) is 8.72. The molecular weight excluding hydrogens is 464 g/mol. The summed E-state index contributed by atoms with van der Waals surface area (Å²) >= 11 is 0. The number of halogens is 6. The number of carbonyl (C=O) groups is 2. The fraction of sp³-hybridized carbons (Fsp3) is 0.391. The largest absolute Gasteiger partial charge is 0.416 e. The maximum atomic E-state index is 14.0. The van der Waals surface area contributed by atoms with E-state index in [1.807, 2.05) is 0 Å². The number of hydrogen-bond acceptors (Lipinski definition) is 2. The van der Waals surface area contributed by atoms with Crippen molar-refractivity contribution in [1.82, 2.24) is 9.80 Å². The Morgan fingerprint density at radius 3 is 1.97 bits per heavy atom. The topological polar surface area (TPSA) is 52.7 Å². The summed E-state index contributed by atoms with van der Waals surface area (Å²) in [7, 11) is 0. The average Bonchev–Trinajstić information content (AvgIpc) is 3.20. The molecule has 2 heterocycles. The Morgan fingerprint density at radius 2 is 1.38 bits per heavy atom. The molecule has 182 valence electrons. The van der Waals surface area contributed by atoms with E-state index in [2.05, 4.69) is 5.32 Å². The maximum Gasteiger partial charge on any atom is 0.416 e. The van der Waals surface area contributed by atoms with Gasteiger partial charge in [0, 0.05) is 37.9 Å². The molecule has 2 aliphatic rings. The third-order valence-electron chi connectivity index (χ3n) is 6.54. The van der Waals surface area contributed by atoms with Crippen LogP contribution in [-0.2, 0) is 6.18 Å². The summed E-state index contributed by atoms with van der Waals surface area (Å²) in [5.41, 5.74) is -1.34. The van der Waals surface area contributed by atoms with Crippen molar-refractivity contribution in [1.29, 1.82) is 0 Å². The maximum absolute atomic E-state index is 14.0. The molecule has 4 rings (SSSR count). The minimum absolute atomic E-state index is 0.243. The van der Waals surface area contributed by atoms with E-state index in [1.54, 1.807) is 4.90 Å². The van der Waals surface area contributed by atoms with Crippen LogP contribution in [0.3, 0.4) is 0 Å². The number of rotatable bonds is 2. The van der Waals surface area contributed by atoms with Gasteiger partial charge >= 0.3 is 12.2 Å². The molecule has 5 nitrogen and oxygen atoms in total. The highest BCUT2D eigenvalue weighted by molar-refractivity contribution is 5.94. The molecule has 0 radical (unpaired) electrons. The van der Waals surface area contributed by atoms with Gasteiger partial charge in [0.25, 0.3) is 5.91 Å². The van der Waals surface area contributed by atoms with Gasteiger partial charge in [-0.1, -0.05) is 0 Å². The SMILES string of the molecule is O=C(Nc1ccc(C(F)(F)F)cc1)N1CCC2(CCN(C(=O)c3cc(F)c(F)cc3F)CC2)C1. The molecule has 0 saturated carbocycles. The Balaban J connectivity index is 1.33. The van der Waals surface area contributed by atoms with Crippen LogP contribution in [0.25, 0.3) is 0 Å². The van der Waals surface area contributed by atoms with E-state index in [0.717, 1.165) is 12.1 Å². The van der Waals surface area contributed by atoms with Gasteiger partial charge in [0.05, 0.1) is 11.1 Å². The van der Waals surface area contributed by atoms with Gasteiger partial charge in [0.15, 0.2) is 11.6 Å². The molecule has 0 aliphatic carbocycles. The fourth-order valence-electron chi connectivity index (χ4n) is 4.50. The van der Waals surface area contributed by atoms with Crippen LogP contribution < -0.4 is 5.32 Å². The molecule has 1 spiro atoms. The molecule has 1 N–H and O–H groups in total.